The summed E-state index contributed by atoms with van der Waals surface area (Å²) in [4.78, 5) is 0. The second kappa shape index (κ2) is 19.0. The monoisotopic (exact) mass is 283 g/mol. The maximum absolute atomic E-state index is 5.70. The Morgan fingerprint density at radius 1 is 0.550 bits per heavy atom. The Bertz CT molecular complexity index is 138. The lowest BCUT2D eigenvalue weighted by Gasteiger charge is -2.05. The van der Waals surface area contributed by atoms with Gasteiger partial charge in [-0.1, -0.05) is 97.3 Å². The maximum Gasteiger partial charge on any atom is 0.0466 e. The molecule has 0 aromatic rings. The molecule has 0 atom stereocenters. The quantitative estimate of drug-likeness (QED) is 0.270. The van der Waals surface area contributed by atoms with E-state index in [0.717, 1.165) is 19.6 Å². The van der Waals surface area contributed by atoms with Crippen molar-refractivity contribution in [2.75, 3.05) is 13.2 Å². The topological polar surface area (TPSA) is 9.23 Å². The van der Waals surface area contributed by atoms with Crippen molar-refractivity contribution >= 4 is 0 Å². The van der Waals surface area contributed by atoms with E-state index in [1.807, 2.05) is 0 Å². The second-order valence-corrected chi connectivity index (χ2v) is 6.06. The summed E-state index contributed by atoms with van der Waals surface area (Å²) in [7, 11) is 0. The van der Waals surface area contributed by atoms with Gasteiger partial charge in [0.15, 0.2) is 0 Å². The summed E-state index contributed by atoms with van der Waals surface area (Å²) in [6, 6.07) is 0. The third kappa shape index (κ3) is 18.0. The van der Waals surface area contributed by atoms with Crippen molar-refractivity contribution in [3.63, 3.8) is 0 Å². The standard InChI is InChI=1S/C19H39O/c1-3-5-7-9-11-13-15-17-19-20-18-16-14-12-10-8-6-4-2/h1,3-19H2,2H3. The number of unbranched alkanes of at least 4 members (excludes halogenated alkanes) is 13. The van der Waals surface area contributed by atoms with Gasteiger partial charge in [-0.15, -0.1) is 0 Å². The SMILES string of the molecule is [CH2]CCCCCCCCCOCCCCCCCCC. The maximum atomic E-state index is 5.70. The van der Waals surface area contributed by atoms with Crippen LogP contribution in [0.15, 0.2) is 0 Å². The molecule has 1 heteroatoms. The molecule has 0 aliphatic carbocycles. The van der Waals surface area contributed by atoms with Crippen LogP contribution in [0.1, 0.15) is 103 Å². The molecule has 0 rings (SSSR count). The van der Waals surface area contributed by atoms with Gasteiger partial charge in [-0.25, -0.2) is 0 Å². The van der Waals surface area contributed by atoms with Crippen molar-refractivity contribution in [1.29, 1.82) is 0 Å². The van der Waals surface area contributed by atoms with E-state index in [-0.39, 0.29) is 0 Å². The third-order valence-electron chi connectivity index (χ3n) is 3.93. The van der Waals surface area contributed by atoms with Crippen LogP contribution < -0.4 is 0 Å². The molecule has 0 saturated carbocycles. The lowest BCUT2D eigenvalue weighted by atomic mass is 10.1. The molecule has 0 aliphatic heterocycles. The van der Waals surface area contributed by atoms with Crippen LogP contribution in [0, 0.1) is 6.92 Å². The average molecular weight is 284 g/mol. The van der Waals surface area contributed by atoms with E-state index in [2.05, 4.69) is 13.8 Å². The van der Waals surface area contributed by atoms with Gasteiger partial charge in [-0.2, -0.15) is 0 Å². The molecule has 1 radical (unpaired) electrons. The van der Waals surface area contributed by atoms with Crippen LogP contribution >= 0.6 is 0 Å². The van der Waals surface area contributed by atoms with Crippen LogP contribution in [-0.4, -0.2) is 13.2 Å². The van der Waals surface area contributed by atoms with Crippen LogP contribution in [0.5, 0.6) is 0 Å². The minimum absolute atomic E-state index is 0.981. The molecule has 0 aromatic heterocycles. The third-order valence-corrected chi connectivity index (χ3v) is 3.93. The van der Waals surface area contributed by atoms with Gasteiger partial charge in [-0.3, -0.25) is 0 Å². The Balaban J connectivity index is 2.89. The molecular weight excluding hydrogens is 244 g/mol. The first-order valence-electron chi connectivity index (χ1n) is 9.28. The summed E-state index contributed by atoms with van der Waals surface area (Å²) < 4.78 is 5.70. The molecule has 0 saturated heterocycles. The lowest BCUT2D eigenvalue weighted by Crippen LogP contribution is -1.97. The van der Waals surface area contributed by atoms with Crippen LogP contribution in [-0.2, 0) is 4.74 Å². The smallest absolute Gasteiger partial charge is 0.0466 e. The van der Waals surface area contributed by atoms with E-state index in [1.54, 1.807) is 0 Å². The fourth-order valence-corrected chi connectivity index (χ4v) is 2.53. The number of hydrogen-bond acceptors (Lipinski definition) is 1. The number of ether oxygens (including phenoxy) is 1. The van der Waals surface area contributed by atoms with Gasteiger partial charge in [0.2, 0.25) is 0 Å². The molecule has 20 heavy (non-hydrogen) atoms. The zero-order valence-electron chi connectivity index (χ0n) is 14.1. The average Bonchev–Trinajstić information content (AvgIpc) is 2.47. The lowest BCUT2D eigenvalue weighted by molar-refractivity contribution is 0.125. The summed E-state index contributed by atoms with van der Waals surface area (Å²) in [6.45, 7) is 8.12. The van der Waals surface area contributed by atoms with E-state index >= 15 is 0 Å². The molecule has 0 unspecified atom stereocenters. The first-order valence-corrected chi connectivity index (χ1v) is 9.28. The molecule has 0 N–H and O–H groups in total. The van der Waals surface area contributed by atoms with Crippen molar-refractivity contribution in [2.24, 2.45) is 0 Å². The first kappa shape index (κ1) is 20.0. The van der Waals surface area contributed by atoms with Crippen molar-refractivity contribution in [3.8, 4) is 0 Å². The molecule has 0 fully saturated rings. The molecule has 121 valence electrons. The first-order chi connectivity index (χ1) is 9.91. The van der Waals surface area contributed by atoms with Gasteiger partial charge in [0.05, 0.1) is 0 Å². The van der Waals surface area contributed by atoms with E-state index in [1.165, 1.54) is 89.9 Å². The van der Waals surface area contributed by atoms with Crippen LogP contribution in [0.25, 0.3) is 0 Å². The molecule has 0 heterocycles. The number of hydrogen-bond donors (Lipinski definition) is 0. The molecule has 0 bridgehead atoms. The predicted octanol–water partition coefficient (Wildman–Crippen LogP) is 6.71. The van der Waals surface area contributed by atoms with E-state index in [9.17, 15) is 0 Å². The van der Waals surface area contributed by atoms with E-state index in [0.29, 0.717) is 0 Å². The molecule has 0 aromatic carbocycles. The summed E-state index contributed by atoms with van der Waals surface area (Å²) in [6.07, 6.45) is 20.2. The van der Waals surface area contributed by atoms with Gasteiger partial charge < -0.3 is 4.74 Å². The van der Waals surface area contributed by atoms with Crippen molar-refractivity contribution in [1.82, 2.24) is 0 Å². The predicted molar refractivity (Wildman–Crippen MR) is 91.1 cm³/mol. The fraction of sp³-hybridized carbons (Fsp3) is 0.947. The van der Waals surface area contributed by atoms with Crippen molar-refractivity contribution < 1.29 is 4.74 Å². The Hall–Kier alpha value is -0.0400. The van der Waals surface area contributed by atoms with Crippen LogP contribution in [0.2, 0.25) is 0 Å². The Morgan fingerprint density at radius 3 is 1.40 bits per heavy atom. The van der Waals surface area contributed by atoms with Crippen LogP contribution in [0.3, 0.4) is 0 Å². The van der Waals surface area contributed by atoms with E-state index in [4.69, 9.17) is 4.74 Å². The van der Waals surface area contributed by atoms with Gasteiger partial charge in [0, 0.05) is 13.2 Å². The minimum Gasteiger partial charge on any atom is -0.381 e. The Morgan fingerprint density at radius 2 is 0.950 bits per heavy atom. The molecule has 1 nitrogen and oxygen atoms in total. The Labute approximate surface area is 128 Å². The zero-order valence-corrected chi connectivity index (χ0v) is 14.1. The van der Waals surface area contributed by atoms with Gasteiger partial charge in [-0.05, 0) is 12.8 Å². The molecule has 0 spiro atoms. The molecule has 0 amide bonds. The summed E-state index contributed by atoms with van der Waals surface area (Å²) in [5, 5.41) is 0. The summed E-state index contributed by atoms with van der Waals surface area (Å²) in [5.74, 6) is 0. The van der Waals surface area contributed by atoms with Crippen LogP contribution in [0.4, 0.5) is 0 Å². The van der Waals surface area contributed by atoms with Gasteiger partial charge in [0.1, 0.15) is 0 Å². The highest BCUT2D eigenvalue weighted by Gasteiger charge is 1.94. The van der Waals surface area contributed by atoms with Gasteiger partial charge in [0.25, 0.3) is 0 Å². The van der Waals surface area contributed by atoms with Crippen molar-refractivity contribution in [2.45, 2.75) is 103 Å². The van der Waals surface area contributed by atoms with E-state index < -0.39 is 0 Å². The van der Waals surface area contributed by atoms with Gasteiger partial charge >= 0.3 is 0 Å². The number of rotatable bonds is 17. The zero-order chi connectivity index (χ0) is 14.7. The second-order valence-electron chi connectivity index (χ2n) is 6.06. The van der Waals surface area contributed by atoms with Crippen molar-refractivity contribution in [3.05, 3.63) is 6.92 Å². The molecular formula is C19H39O. The highest BCUT2D eigenvalue weighted by atomic mass is 16.5. The Kier molecular flexibility index (Phi) is 18.9. The highest BCUT2D eigenvalue weighted by molar-refractivity contribution is 4.48. The highest BCUT2D eigenvalue weighted by Crippen LogP contribution is 2.09. The minimum atomic E-state index is 0.981. The normalized spacial score (nSPS) is 11.1. The summed E-state index contributed by atoms with van der Waals surface area (Å²) >= 11 is 0. The fourth-order valence-electron chi connectivity index (χ4n) is 2.53. The summed E-state index contributed by atoms with van der Waals surface area (Å²) in [5.41, 5.74) is 0. The largest absolute Gasteiger partial charge is 0.381 e. The molecule has 0 aliphatic rings.